The summed E-state index contributed by atoms with van der Waals surface area (Å²) in [7, 11) is 0. The summed E-state index contributed by atoms with van der Waals surface area (Å²) in [6.45, 7) is 7.70. The van der Waals surface area contributed by atoms with E-state index in [1.54, 1.807) is 0 Å². The second kappa shape index (κ2) is 12.2. The third-order valence-electron chi connectivity index (χ3n) is 11.0. The van der Waals surface area contributed by atoms with Crippen molar-refractivity contribution in [1.82, 2.24) is 14.5 Å². The topological polar surface area (TPSA) is 35.1 Å². The standard InChI is InChI=1S/C51H30N4/c1-52-36-25-27-48-44(30-36)43-29-35(24-26-47(43)55(48)37-13-3-2-4-14-37)32-20-22-34(23-21-32)51-45-31-42(40-18-9-11-33-12-10-28-53-50(33)40)38-15-5-6-16-39(38)49(45)41-17-7-8-19-46(41)54-51/h2-31H. The van der Waals surface area contributed by atoms with E-state index in [4.69, 9.17) is 16.5 Å². The van der Waals surface area contributed by atoms with Crippen molar-refractivity contribution in [1.29, 1.82) is 0 Å². The van der Waals surface area contributed by atoms with Gasteiger partial charge in [-0.3, -0.25) is 4.98 Å². The molecule has 3 heterocycles. The number of fused-ring (bicyclic) bond motifs is 9. The number of hydrogen-bond acceptors (Lipinski definition) is 2. The Labute approximate surface area is 317 Å². The lowest BCUT2D eigenvalue weighted by Crippen LogP contribution is -1.94. The molecule has 0 aliphatic heterocycles. The Morgan fingerprint density at radius 2 is 1.16 bits per heavy atom. The molecule has 0 aliphatic carbocycles. The summed E-state index contributed by atoms with van der Waals surface area (Å²) in [5.41, 5.74) is 12.4. The molecule has 0 unspecified atom stereocenters. The SMILES string of the molecule is [C-]#[N+]c1ccc2c(c1)c1cc(-c3ccc(-c4nc5ccccc5c5c4cc(-c4cccc6cccnc46)c4ccccc45)cc3)ccc1n2-c1ccccc1. The molecule has 8 aromatic carbocycles. The third kappa shape index (κ3) is 4.84. The van der Waals surface area contributed by atoms with Crippen LogP contribution in [0.5, 0.6) is 0 Å². The van der Waals surface area contributed by atoms with Gasteiger partial charge < -0.3 is 4.57 Å². The first kappa shape index (κ1) is 31.0. The van der Waals surface area contributed by atoms with Gasteiger partial charge in [0.2, 0.25) is 0 Å². The van der Waals surface area contributed by atoms with Crippen molar-refractivity contribution in [3.63, 3.8) is 0 Å². The van der Waals surface area contributed by atoms with Gasteiger partial charge in [0.25, 0.3) is 0 Å². The second-order valence-corrected chi connectivity index (χ2v) is 14.0. The Bertz CT molecular complexity index is 3370. The molecule has 0 radical (unpaired) electrons. The molecule has 0 spiro atoms. The highest BCUT2D eigenvalue weighted by molar-refractivity contribution is 6.26. The number of hydrogen-bond donors (Lipinski definition) is 0. The zero-order valence-corrected chi connectivity index (χ0v) is 29.6. The molecule has 0 saturated carbocycles. The van der Waals surface area contributed by atoms with Crippen LogP contribution in [-0.2, 0) is 0 Å². The van der Waals surface area contributed by atoms with Gasteiger partial charge in [0.05, 0.1) is 34.3 Å². The Morgan fingerprint density at radius 1 is 0.473 bits per heavy atom. The monoisotopic (exact) mass is 698 g/mol. The molecule has 254 valence electrons. The minimum absolute atomic E-state index is 0.636. The Morgan fingerprint density at radius 3 is 2.00 bits per heavy atom. The summed E-state index contributed by atoms with van der Waals surface area (Å²) in [6, 6.07) is 62.0. The predicted octanol–water partition coefficient (Wildman–Crippen LogP) is 13.7. The summed E-state index contributed by atoms with van der Waals surface area (Å²) in [5.74, 6) is 0. The molecule has 4 heteroatoms. The van der Waals surface area contributed by atoms with Gasteiger partial charge in [-0.2, -0.15) is 0 Å². The molecule has 0 N–H and O–H groups in total. The van der Waals surface area contributed by atoms with Gasteiger partial charge in [-0.15, -0.1) is 0 Å². The largest absolute Gasteiger partial charge is 0.309 e. The lowest BCUT2D eigenvalue weighted by atomic mass is 9.89. The van der Waals surface area contributed by atoms with E-state index in [1.165, 1.54) is 16.2 Å². The zero-order chi connectivity index (χ0) is 36.5. The number of benzene rings is 8. The molecule has 4 nitrogen and oxygen atoms in total. The van der Waals surface area contributed by atoms with Crippen LogP contribution in [0.25, 0.3) is 109 Å². The quantitative estimate of drug-likeness (QED) is 0.135. The first-order chi connectivity index (χ1) is 27.2. The minimum atomic E-state index is 0.636. The van der Waals surface area contributed by atoms with E-state index >= 15 is 0 Å². The molecule has 0 bridgehead atoms. The molecule has 11 rings (SSSR count). The average Bonchev–Trinajstić information content (AvgIpc) is 3.58. The summed E-state index contributed by atoms with van der Waals surface area (Å²) in [5, 5.41) is 9.15. The summed E-state index contributed by atoms with van der Waals surface area (Å²) in [6.07, 6.45) is 1.88. The van der Waals surface area contributed by atoms with E-state index in [9.17, 15) is 0 Å². The predicted molar refractivity (Wildman–Crippen MR) is 229 cm³/mol. The fraction of sp³-hybridized carbons (Fsp3) is 0. The summed E-state index contributed by atoms with van der Waals surface area (Å²) < 4.78 is 2.29. The maximum atomic E-state index is 7.70. The van der Waals surface area contributed by atoms with Crippen LogP contribution in [0.15, 0.2) is 182 Å². The molecule has 0 atom stereocenters. The van der Waals surface area contributed by atoms with Crippen molar-refractivity contribution in [2.75, 3.05) is 0 Å². The summed E-state index contributed by atoms with van der Waals surface area (Å²) in [4.78, 5) is 14.0. The highest BCUT2D eigenvalue weighted by atomic mass is 15.0. The molecule has 55 heavy (non-hydrogen) atoms. The van der Waals surface area contributed by atoms with Crippen LogP contribution in [0, 0.1) is 6.57 Å². The van der Waals surface area contributed by atoms with Gasteiger partial charge in [-0.25, -0.2) is 9.83 Å². The maximum Gasteiger partial charge on any atom is 0.188 e. The van der Waals surface area contributed by atoms with Gasteiger partial charge >= 0.3 is 0 Å². The molecule has 0 amide bonds. The van der Waals surface area contributed by atoms with Crippen molar-refractivity contribution >= 4 is 70.8 Å². The maximum absolute atomic E-state index is 7.70. The van der Waals surface area contributed by atoms with Crippen molar-refractivity contribution in [2.24, 2.45) is 0 Å². The Kier molecular flexibility index (Phi) is 6.89. The van der Waals surface area contributed by atoms with E-state index in [0.717, 1.165) is 88.2 Å². The highest BCUT2D eigenvalue weighted by Crippen LogP contribution is 2.43. The second-order valence-electron chi connectivity index (χ2n) is 14.0. The molecular formula is C51H30N4. The van der Waals surface area contributed by atoms with Crippen molar-refractivity contribution in [3.05, 3.63) is 194 Å². The lowest BCUT2D eigenvalue weighted by molar-refractivity contribution is 1.18. The van der Waals surface area contributed by atoms with Crippen LogP contribution in [-0.4, -0.2) is 14.5 Å². The van der Waals surface area contributed by atoms with E-state index in [2.05, 4.69) is 161 Å². The van der Waals surface area contributed by atoms with Crippen LogP contribution < -0.4 is 0 Å². The molecule has 3 aromatic heterocycles. The zero-order valence-electron chi connectivity index (χ0n) is 29.6. The van der Waals surface area contributed by atoms with Gasteiger partial charge in [0, 0.05) is 49.9 Å². The number of nitrogens with zero attached hydrogens (tertiary/aromatic N) is 4. The number of aromatic nitrogens is 3. The van der Waals surface area contributed by atoms with Crippen LogP contribution >= 0.6 is 0 Å². The van der Waals surface area contributed by atoms with Crippen molar-refractivity contribution in [3.8, 4) is 39.2 Å². The van der Waals surface area contributed by atoms with Gasteiger partial charge in [0.15, 0.2) is 5.69 Å². The fourth-order valence-electron chi connectivity index (χ4n) is 8.52. The number of pyridine rings is 2. The molecular weight excluding hydrogens is 669 g/mol. The average molecular weight is 699 g/mol. The van der Waals surface area contributed by atoms with E-state index in [1.807, 2.05) is 30.5 Å². The third-order valence-corrected chi connectivity index (χ3v) is 11.0. The normalized spacial score (nSPS) is 11.6. The number of rotatable bonds is 4. The molecule has 11 aromatic rings. The molecule has 0 saturated heterocycles. The Hall–Kier alpha value is -7.61. The first-order valence-electron chi connectivity index (χ1n) is 18.4. The Balaban J connectivity index is 1.11. The van der Waals surface area contributed by atoms with Gasteiger partial charge in [0.1, 0.15) is 0 Å². The summed E-state index contributed by atoms with van der Waals surface area (Å²) >= 11 is 0. The smallest absolute Gasteiger partial charge is 0.188 e. The van der Waals surface area contributed by atoms with Gasteiger partial charge in [-0.1, -0.05) is 121 Å². The number of para-hydroxylation sites is 3. The molecule has 0 fully saturated rings. The van der Waals surface area contributed by atoms with Crippen LogP contribution in [0.3, 0.4) is 0 Å². The minimum Gasteiger partial charge on any atom is -0.309 e. The van der Waals surface area contributed by atoms with Crippen molar-refractivity contribution < 1.29 is 0 Å². The van der Waals surface area contributed by atoms with E-state index < -0.39 is 0 Å². The van der Waals surface area contributed by atoms with Crippen LogP contribution in [0.2, 0.25) is 0 Å². The lowest BCUT2D eigenvalue weighted by Gasteiger charge is -2.17. The van der Waals surface area contributed by atoms with Gasteiger partial charge in [-0.05, 0) is 87.4 Å². The van der Waals surface area contributed by atoms with E-state index in [0.29, 0.717) is 5.69 Å². The van der Waals surface area contributed by atoms with E-state index in [-0.39, 0.29) is 0 Å². The fourth-order valence-corrected chi connectivity index (χ4v) is 8.52. The van der Waals surface area contributed by atoms with Crippen LogP contribution in [0.4, 0.5) is 5.69 Å². The first-order valence-corrected chi connectivity index (χ1v) is 18.4. The highest BCUT2D eigenvalue weighted by Gasteiger charge is 2.19. The van der Waals surface area contributed by atoms with Crippen molar-refractivity contribution in [2.45, 2.75) is 0 Å². The molecule has 0 aliphatic rings. The van der Waals surface area contributed by atoms with Crippen LogP contribution in [0.1, 0.15) is 0 Å².